The van der Waals surface area contributed by atoms with E-state index in [2.05, 4.69) is 10.5 Å². The van der Waals surface area contributed by atoms with E-state index in [9.17, 15) is 4.79 Å². The number of amides is 1. The highest BCUT2D eigenvalue weighted by Gasteiger charge is 2.33. The molecule has 0 aromatic carbocycles. The van der Waals surface area contributed by atoms with Gasteiger partial charge < -0.3 is 16.3 Å². The number of oxime groups is 1. The van der Waals surface area contributed by atoms with Crippen LogP contribution in [-0.4, -0.2) is 23.0 Å². The van der Waals surface area contributed by atoms with E-state index in [-0.39, 0.29) is 23.7 Å². The van der Waals surface area contributed by atoms with Gasteiger partial charge in [-0.15, -0.1) is 0 Å². The van der Waals surface area contributed by atoms with Gasteiger partial charge in [-0.3, -0.25) is 4.79 Å². The van der Waals surface area contributed by atoms with Crippen LogP contribution in [0.1, 0.15) is 59.3 Å². The maximum absolute atomic E-state index is 12.3. The normalized spacial score (nSPS) is 20.1. The molecule has 0 aliphatic heterocycles. The highest BCUT2D eigenvalue weighted by molar-refractivity contribution is 5.91. The summed E-state index contributed by atoms with van der Waals surface area (Å²) in [4.78, 5) is 12.3. The molecule has 0 radical (unpaired) electrons. The van der Waals surface area contributed by atoms with Crippen molar-refractivity contribution in [3.63, 3.8) is 0 Å². The first-order chi connectivity index (χ1) is 8.92. The van der Waals surface area contributed by atoms with Crippen molar-refractivity contribution in [3.8, 4) is 0 Å². The van der Waals surface area contributed by atoms with Gasteiger partial charge >= 0.3 is 0 Å². The maximum Gasteiger partial charge on any atom is 0.226 e. The van der Waals surface area contributed by atoms with E-state index in [1.165, 1.54) is 6.42 Å². The van der Waals surface area contributed by atoms with Crippen LogP contribution in [0.4, 0.5) is 0 Å². The number of hydrogen-bond acceptors (Lipinski definition) is 3. The van der Waals surface area contributed by atoms with Crippen LogP contribution in [0.15, 0.2) is 5.16 Å². The molecular formula is C14H27N3O2. The summed E-state index contributed by atoms with van der Waals surface area (Å²) in [6, 6.07) is -0.344. The summed E-state index contributed by atoms with van der Waals surface area (Å²) in [7, 11) is 0. The molecule has 0 aromatic heterocycles. The summed E-state index contributed by atoms with van der Waals surface area (Å²) in [5.74, 6) is 0.366. The Morgan fingerprint density at radius 3 is 2.47 bits per heavy atom. The third-order valence-electron chi connectivity index (χ3n) is 4.34. The maximum atomic E-state index is 12.3. The molecule has 110 valence electrons. The summed E-state index contributed by atoms with van der Waals surface area (Å²) < 4.78 is 0. The molecule has 0 bridgehead atoms. The van der Waals surface area contributed by atoms with Crippen LogP contribution in [0.2, 0.25) is 0 Å². The highest BCUT2D eigenvalue weighted by Crippen LogP contribution is 2.28. The molecule has 4 N–H and O–H groups in total. The van der Waals surface area contributed by atoms with Gasteiger partial charge in [0.25, 0.3) is 0 Å². The van der Waals surface area contributed by atoms with E-state index in [4.69, 9.17) is 10.9 Å². The van der Waals surface area contributed by atoms with Gasteiger partial charge in [0.1, 0.15) is 0 Å². The van der Waals surface area contributed by atoms with Crippen LogP contribution in [0, 0.1) is 11.3 Å². The fraction of sp³-hybridized carbons (Fsp3) is 0.857. The summed E-state index contributed by atoms with van der Waals surface area (Å²) in [5.41, 5.74) is 5.34. The second kappa shape index (κ2) is 6.78. The fourth-order valence-electron chi connectivity index (χ4n) is 2.46. The lowest BCUT2D eigenvalue weighted by atomic mass is 9.82. The van der Waals surface area contributed by atoms with Crippen molar-refractivity contribution in [2.45, 2.75) is 65.3 Å². The quantitative estimate of drug-likeness (QED) is 0.309. The minimum Gasteiger partial charge on any atom is -0.409 e. The molecule has 1 saturated carbocycles. The molecule has 0 aromatic rings. The lowest BCUT2D eigenvalue weighted by Crippen LogP contribution is -2.52. The Balaban J connectivity index is 2.78. The van der Waals surface area contributed by atoms with Crippen molar-refractivity contribution >= 4 is 11.7 Å². The Morgan fingerprint density at radius 2 is 2.00 bits per heavy atom. The predicted octanol–water partition coefficient (Wildman–Crippen LogP) is 2.23. The number of carbonyl (C=O) groups excluding carboxylic acids is 1. The molecule has 0 heterocycles. The van der Waals surface area contributed by atoms with E-state index in [1.54, 1.807) is 0 Å². The summed E-state index contributed by atoms with van der Waals surface area (Å²) in [6.45, 7) is 5.80. The van der Waals surface area contributed by atoms with E-state index < -0.39 is 5.41 Å². The number of carbonyl (C=O) groups is 1. The SMILES string of the molecule is CCC(C)(C)C(=O)NC(C(N)=NO)C1CCCCC1. The minimum absolute atomic E-state index is 0.0304. The van der Waals surface area contributed by atoms with Crippen LogP contribution >= 0.6 is 0 Å². The van der Waals surface area contributed by atoms with Gasteiger partial charge in [0.15, 0.2) is 5.84 Å². The molecule has 1 fully saturated rings. The number of hydrogen-bond donors (Lipinski definition) is 3. The molecule has 19 heavy (non-hydrogen) atoms. The number of nitrogens with zero attached hydrogens (tertiary/aromatic N) is 1. The molecule has 0 spiro atoms. The number of rotatable bonds is 5. The van der Waals surface area contributed by atoms with Crippen molar-refractivity contribution in [1.29, 1.82) is 0 Å². The third kappa shape index (κ3) is 4.11. The topological polar surface area (TPSA) is 87.7 Å². The van der Waals surface area contributed by atoms with Crippen LogP contribution < -0.4 is 11.1 Å². The molecule has 1 aliphatic carbocycles. The Morgan fingerprint density at radius 1 is 1.42 bits per heavy atom. The third-order valence-corrected chi connectivity index (χ3v) is 4.34. The van der Waals surface area contributed by atoms with Crippen LogP contribution in [-0.2, 0) is 4.79 Å². The van der Waals surface area contributed by atoms with Crippen molar-refractivity contribution in [1.82, 2.24) is 5.32 Å². The van der Waals surface area contributed by atoms with Crippen molar-refractivity contribution in [2.75, 3.05) is 0 Å². The molecule has 1 amide bonds. The molecule has 1 rings (SSSR count). The minimum atomic E-state index is -0.428. The highest BCUT2D eigenvalue weighted by atomic mass is 16.4. The summed E-state index contributed by atoms with van der Waals surface area (Å²) in [5, 5.41) is 15.0. The van der Waals surface area contributed by atoms with Crippen LogP contribution in [0.5, 0.6) is 0 Å². The van der Waals surface area contributed by atoms with Gasteiger partial charge in [0, 0.05) is 5.41 Å². The molecule has 1 aliphatic rings. The molecular weight excluding hydrogens is 242 g/mol. The lowest BCUT2D eigenvalue weighted by molar-refractivity contribution is -0.130. The van der Waals surface area contributed by atoms with E-state index >= 15 is 0 Å². The van der Waals surface area contributed by atoms with E-state index in [1.807, 2.05) is 20.8 Å². The van der Waals surface area contributed by atoms with Gasteiger partial charge in [-0.05, 0) is 25.2 Å². The van der Waals surface area contributed by atoms with Gasteiger partial charge in [0.2, 0.25) is 5.91 Å². The first-order valence-electron chi connectivity index (χ1n) is 7.20. The standard InChI is InChI=1S/C14H27N3O2/c1-4-14(2,3)13(18)16-11(12(15)17-19)10-8-6-5-7-9-10/h10-11,19H,4-9H2,1-3H3,(H2,15,17)(H,16,18). The largest absolute Gasteiger partial charge is 0.409 e. The molecule has 1 unspecified atom stereocenters. The zero-order chi connectivity index (χ0) is 14.5. The first-order valence-corrected chi connectivity index (χ1v) is 7.20. The van der Waals surface area contributed by atoms with E-state index in [0.29, 0.717) is 0 Å². The van der Waals surface area contributed by atoms with Gasteiger partial charge in [-0.2, -0.15) is 0 Å². The molecule has 5 nitrogen and oxygen atoms in total. The van der Waals surface area contributed by atoms with E-state index in [0.717, 1.165) is 32.1 Å². The second-order valence-corrected chi connectivity index (χ2v) is 6.11. The van der Waals surface area contributed by atoms with Crippen LogP contribution in [0.3, 0.4) is 0 Å². The second-order valence-electron chi connectivity index (χ2n) is 6.11. The predicted molar refractivity (Wildman–Crippen MR) is 76.0 cm³/mol. The lowest BCUT2D eigenvalue weighted by Gasteiger charge is -2.32. The summed E-state index contributed by atoms with van der Waals surface area (Å²) in [6.07, 6.45) is 6.32. The Bertz CT molecular complexity index is 334. The van der Waals surface area contributed by atoms with Gasteiger partial charge in [0.05, 0.1) is 6.04 Å². The van der Waals surface area contributed by atoms with Gasteiger partial charge in [-0.1, -0.05) is 45.2 Å². The monoisotopic (exact) mass is 269 g/mol. The Labute approximate surface area is 115 Å². The molecule has 0 saturated heterocycles. The molecule has 1 atom stereocenters. The van der Waals surface area contributed by atoms with Crippen molar-refractivity contribution in [2.24, 2.45) is 22.2 Å². The Hall–Kier alpha value is -1.26. The summed E-state index contributed by atoms with van der Waals surface area (Å²) >= 11 is 0. The fourth-order valence-corrected chi connectivity index (χ4v) is 2.46. The number of nitrogens with two attached hydrogens (primary N) is 1. The zero-order valence-corrected chi connectivity index (χ0v) is 12.3. The van der Waals surface area contributed by atoms with Gasteiger partial charge in [-0.25, -0.2) is 0 Å². The zero-order valence-electron chi connectivity index (χ0n) is 12.3. The number of amidine groups is 1. The average molecular weight is 269 g/mol. The number of nitrogens with one attached hydrogen (secondary N) is 1. The smallest absolute Gasteiger partial charge is 0.226 e. The van der Waals surface area contributed by atoms with Crippen molar-refractivity contribution in [3.05, 3.63) is 0 Å². The molecule has 5 heteroatoms. The van der Waals surface area contributed by atoms with Crippen molar-refractivity contribution < 1.29 is 10.0 Å². The Kier molecular flexibility index (Phi) is 5.63. The average Bonchev–Trinajstić information content (AvgIpc) is 2.44. The van der Waals surface area contributed by atoms with Crippen LogP contribution in [0.25, 0.3) is 0 Å². The first kappa shape index (κ1) is 15.8.